The zero-order valence-corrected chi connectivity index (χ0v) is 7.02. The number of nitrogens with zero attached hydrogens (tertiary/aromatic N) is 2. The van der Waals surface area contributed by atoms with Crippen LogP contribution in [0.2, 0.25) is 0 Å². The van der Waals surface area contributed by atoms with E-state index in [-0.39, 0.29) is 0 Å². The lowest BCUT2D eigenvalue weighted by atomic mass is 10.9. The van der Waals surface area contributed by atoms with Gasteiger partial charge in [0.1, 0.15) is 0 Å². The molecule has 1 aliphatic rings. The molecular weight excluding hydrogens is 160 g/mol. The lowest BCUT2D eigenvalue weighted by Gasteiger charge is -1.62. The smallest absolute Gasteiger partial charge is 0.352 e. The molecule has 0 spiro atoms. The number of carbonyl (C=O) groups is 2. The van der Waals surface area contributed by atoms with Gasteiger partial charge in [0.15, 0.2) is 0 Å². The van der Waals surface area contributed by atoms with Crippen LogP contribution in [0.25, 0.3) is 0 Å². The maximum Gasteiger partial charge on any atom is 0.367 e. The monoisotopic (exact) mass is 172 g/mol. The molecule has 0 saturated carbocycles. The maximum atomic E-state index is 9.85. The van der Waals surface area contributed by atoms with Gasteiger partial charge in [0, 0.05) is 0 Å². The minimum Gasteiger partial charge on any atom is -0.352 e. The number of urea groups is 2. The van der Waals surface area contributed by atoms with Crippen molar-refractivity contribution in [2.45, 2.75) is 13.8 Å². The number of hydrogen-bond donors (Lipinski definition) is 2. The van der Waals surface area contributed by atoms with E-state index in [1.165, 1.54) is 12.4 Å². The van der Waals surface area contributed by atoms with E-state index in [0.29, 0.717) is 0 Å². The summed E-state index contributed by atoms with van der Waals surface area (Å²) in [4.78, 5) is 25.3. The number of hydrogen-bond acceptors (Lipinski definition) is 2. The van der Waals surface area contributed by atoms with Gasteiger partial charge in [-0.25, -0.2) is 9.59 Å². The molecule has 0 saturated heterocycles. The lowest BCUT2D eigenvalue weighted by Crippen LogP contribution is -2.18. The second kappa shape index (κ2) is 9.28. The van der Waals surface area contributed by atoms with Gasteiger partial charge in [0.2, 0.25) is 0 Å². The molecule has 1 heterocycles. The Morgan fingerprint density at radius 2 is 1.50 bits per heavy atom. The van der Waals surface area contributed by atoms with Crippen molar-refractivity contribution in [2.75, 3.05) is 0 Å². The Labute approximate surface area is 70.4 Å². The van der Waals surface area contributed by atoms with Crippen molar-refractivity contribution >= 4 is 24.5 Å². The first-order valence-electron chi connectivity index (χ1n) is 3.28. The average molecular weight is 172 g/mol. The van der Waals surface area contributed by atoms with Gasteiger partial charge < -0.3 is 11.5 Å². The minimum atomic E-state index is -0.833. The Morgan fingerprint density at radius 1 is 1.25 bits per heavy atom. The van der Waals surface area contributed by atoms with Crippen molar-refractivity contribution in [3.05, 3.63) is 0 Å². The highest BCUT2D eigenvalue weighted by molar-refractivity contribution is 6.25. The highest BCUT2D eigenvalue weighted by atomic mass is 16.2. The van der Waals surface area contributed by atoms with Crippen LogP contribution in [-0.4, -0.2) is 24.5 Å². The van der Waals surface area contributed by atoms with Gasteiger partial charge in [-0.05, 0) is 0 Å². The molecule has 0 bridgehead atoms. The largest absolute Gasteiger partial charge is 0.367 e. The van der Waals surface area contributed by atoms with Crippen molar-refractivity contribution in [1.29, 1.82) is 0 Å². The first-order chi connectivity index (χ1) is 5.63. The molecular formula is C6H12N4O2. The van der Waals surface area contributed by atoms with Gasteiger partial charge in [-0.2, -0.15) is 9.98 Å². The maximum absolute atomic E-state index is 9.85. The van der Waals surface area contributed by atoms with Gasteiger partial charge in [0.25, 0.3) is 0 Å². The number of carbonyl (C=O) groups excluding carboxylic acids is 2. The van der Waals surface area contributed by atoms with Gasteiger partial charge in [-0.15, -0.1) is 0 Å². The predicted octanol–water partition coefficient (Wildman–Crippen LogP) is 0.312. The fourth-order valence-corrected chi connectivity index (χ4v) is 0.228. The minimum absolute atomic E-state index is 0.407. The Balaban J connectivity index is 0. The standard InChI is InChI=1S/C3H2N2O.C2H6.CH4N2O/c6-3-4-1-2-5-3;1-2;2-1(3)4/h1-2H;1-2H3;(H4,2,3,4). The topological polar surface area (TPSA) is 111 Å². The average Bonchev–Trinajstić information content (AvgIpc) is 2.43. The van der Waals surface area contributed by atoms with E-state index < -0.39 is 12.1 Å². The molecule has 1 aliphatic heterocycles. The van der Waals surface area contributed by atoms with Crippen LogP contribution in [0.1, 0.15) is 13.8 Å². The zero-order valence-electron chi connectivity index (χ0n) is 7.02. The molecule has 4 N–H and O–H groups in total. The van der Waals surface area contributed by atoms with Gasteiger partial charge >= 0.3 is 12.1 Å². The van der Waals surface area contributed by atoms with Gasteiger partial charge in [0.05, 0.1) is 12.4 Å². The quantitative estimate of drug-likeness (QED) is 0.548. The number of primary amides is 2. The van der Waals surface area contributed by atoms with Crippen molar-refractivity contribution in [3.8, 4) is 0 Å². The fraction of sp³-hybridized carbons (Fsp3) is 0.333. The van der Waals surface area contributed by atoms with Crippen LogP contribution < -0.4 is 11.5 Å². The Bertz CT molecular complexity index is 180. The van der Waals surface area contributed by atoms with Gasteiger partial charge in [-0.3, -0.25) is 0 Å². The van der Waals surface area contributed by atoms with E-state index in [4.69, 9.17) is 4.79 Å². The molecule has 68 valence electrons. The van der Waals surface area contributed by atoms with E-state index in [2.05, 4.69) is 21.5 Å². The molecule has 1 rings (SSSR count). The van der Waals surface area contributed by atoms with Crippen LogP contribution in [0, 0.1) is 0 Å². The first-order valence-corrected chi connectivity index (χ1v) is 3.28. The Kier molecular flexibility index (Phi) is 9.99. The molecule has 0 aromatic rings. The molecule has 0 aliphatic carbocycles. The molecule has 0 aromatic carbocycles. The van der Waals surface area contributed by atoms with Crippen LogP contribution in [0.5, 0.6) is 0 Å². The fourth-order valence-electron chi connectivity index (χ4n) is 0.228. The summed E-state index contributed by atoms with van der Waals surface area (Å²) in [6.45, 7) is 4.00. The van der Waals surface area contributed by atoms with Crippen LogP contribution in [0.3, 0.4) is 0 Å². The summed E-state index contributed by atoms with van der Waals surface area (Å²) in [6, 6.07) is -1.24. The van der Waals surface area contributed by atoms with Crippen LogP contribution in [0.15, 0.2) is 9.98 Å². The predicted molar refractivity (Wildman–Crippen MR) is 47.5 cm³/mol. The molecule has 4 amide bonds. The highest BCUT2D eigenvalue weighted by Crippen LogP contribution is 1.81. The zero-order chi connectivity index (χ0) is 9.98. The van der Waals surface area contributed by atoms with E-state index >= 15 is 0 Å². The third kappa shape index (κ3) is 15.7. The van der Waals surface area contributed by atoms with E-state index in [1.807, 2.05) is 13.8 Å². The van der Waals surface area contributed by atoms with Crippen molar-refractivity contribution < 1.29 is 9.59 Å². The first kappa shape index (κ1) is 12.9. The number of nitrogens with two attached hydrogens (primary N) is 2. The summed E-state index contributed by atoms with van der Waals surface area (Å²) in [7, 11) is 0. The Morgan fingerprint density at radius 3 is 1.58 bits per heavy atom. The molecule has 6 heteroatoms. The van der Waals surface area contributed by atoms with Crippen molar-refractivity contribution in [1.82, 2.24) is 0 Å². The normalized spacial score (nSPS) is 11.0. The SMILES string of the molecule is CC.NC(N)=O.O=C1N=CC=N1. The van der Waals surface area contributed by atoms with Crippen molar-refractivity contribution in [3.63, 3.8) is 0 Å². The summed E-state index contributed by atoms with van der Waals surface area (Å²) in [5.41, 5.74) is 8.50. The van der Waals surface area contributed by atoms with Gasteiger partial charge in [-0.1, -0.05) is 13.8 Å². The van der Waals surface area contributed by atoms with Crippen LogP contribution >= 0.6 is 0 Å². The Hall–Kier alpha value is -1.72. The molecule has 0 fully saturated rings. The highest BCUT2D eigenvalue weighted by Gasteiger charge is 1.91. The second-order valence-corrected chi connectivity index (χ2v) is 1.24. The summed E-state index contributed by atoms with van der Waals surface area (Å²) >= 11 is 0. The molecule has 0 atom stereocenters. The molecule has 6 nitrogen and oxygen atoms in total. The number of aliphatic imine (C=N–C) groups is 2. The molecule has 0 aromatic heterocycles. The molecule has 12 heavy (non-hydrogen) atoms. The molecule has 0 radical (unpaired) electrons. The third-order valence-corrected chi connectivity index (χ3v) is 0.437. The van der Waals surface area contributed by atoms with E-state index in [9.17, 15) is 4.79 Å². The summed E-state index contributed by atoms with van der Waals surface area (Å²) in [5.74, 6) is 0. The van der Waals surface area contributed by atoms with Crippen molar-refractivity contribution in [2.24, 2.45) is 21.5 Å². The second-order valence-electron chi connectivity index (χ2n) is 1.24. The van der Waals surface area contributed by atoms with Crippen LogP contribution in [-0.2, 0) is 0 Å². The summed E-state index contributed by atoms with van der Waals surface area (Å²) < 4.78 is 0. The summed E-state index contributed by atoms with van der Waals surface area (Å²) in [6.07, 6.45) is 2.73. The third-order valence-electron chi connectivity index (χ3n) is 0.437. The number of amides is 4. The van der Waals surface area contributed by atoms with E-state index in [1.54, 1.807) is 0 Å². The number of rotatable bonds is 0. The molecule has 0 unspecified atom stereocenters. The van der Waals surface area contributed by atoms with Crippen LogP contribution in [0.4, 0.5) is 9.59 Å². The lowest BCUT2D eigenvalue weighted by molar-refractivity contribution is 0.256. The van der Waals surface area contributed by atoms with E-state index in [0.717, 1.165) is 0 Å². The summed E-state index contributed by atoms with van der Waals surface area (Å²) in [5, 5.41) is 0.